The maximum Gasteiger partial charge on any atom is 0.189 e. The highest BCUT2D eigenvalue weighted by Gasteiger charge is 2.13. The average Bonchev–Trinajstić information content (AvgIpc) is 2.65. The SMILES string of the molecule is C=Cc1ccc(C(=O)/C=C/c2ccc(OC)cc2OC)c(O)c1C=C. The number of carbonyl (C=O) groups is 1. The molecule has 0 heterocycles. The molecule has 4 nitrogen and oxygen atoms in total. The van der Waals surface area contributed by atoms with Gasteiger partial charge in [-0.15, -0.1) is 0 Å². The Morgan fingerprint density at radius 3 is 2.36 bits per heavy atom. The summed E-state index contributed by atoms with van der Waals surface area (Å²) in [6.45, 7) is 7.35. The van der Waals surface area contributed by atoms with Gasteiger partial charge in [0.1, 0.15) is 17.2 Å². The molecule has 0 aromatic heterocycles. The number of ketones is 1. The minimum atomic E-state index is -0.325. The summed E-state index contributed by atoms with van der Waals surface area (Å²) >= 11 is 0. The highest BCUT2D eigenvalue weighted by molar-refractivity contribution is 6.09. The van der Waals surface area contributed by atoms with Crippen LogP contribution in [0.2, 0.25) is 0 Å². The predicted molar refractivity (Wildman–Crippen MR) is 101 cm³/mol. The van der Waals surface area contributed by atoms with Crippen LogP contribution in [-0.2, 0) is 0 Å². The zero-order valence-electron chi connectivity index (χ0n) is 14.3. The number of methoxy groups -OCH3 is 2. The Morgan fingerprint density at radius 2 is 1.76 bits per heavy atom. The summed E-state index contributed by atoms with van der Waals surface area (Å²) in [6.07, 6.45) is 6.12. The molecule has 2 aromatic rings. The van der Waals surface area contributed by atoms with E-state index in [9.17, 15) is 9.90 Å². The summed E-state index contributed by atoms with van der Waals surface area (Å²) in [5, 5.41) is 10.3. The molecule has 25 heavy (non-hydrogen) atoms. The number of rotatable bonds is 7. The third kappa shape index (κ3) is 3.80. The molecule has 128 valence electrons. The van der Waals surface area contributed by atoms with Gasteiger partial charge >= 0.3 is 0 Å². The lowest BCUT2D eigenvalue weighted by molar-refractivity contribution is 0.104. The lowest BCUT2D eigenvalue weighted by Crippen LogP contribution is -1.98. The van der Waals surface area contributed by atoms with Crippen LogP contribution in [0.15, 0.2) is 49.6 Å². The number of allylic oxidation sites excluding steroid dienone is 1. The van der Waals surface area contributed by atoms with Gasteiger partial charge in [0, 0.05) is 17.2 Å². The van der Waals surface area contributed by atoms with Gasteiger partial charge in [-0.25, -0.2) is 0 Å². The van der Waals surface area contributed by atoms with Crippen molar-refractivity contribution in [2.75, 3.05) is 14.2 Å². The molecule has 0 radical (unpaired) electrons. The number of hydrogen-bond donors (Lipinski definition) is 1. The fourth-order valence-electron chi connectivity index (χ4n) is 2.43. The van der Waals surface area contributed by atoms with Crippen LogP contribution in [0.3, 0.4) is 0 Å². The smallest absolute Gasteiger partial charge is 0.189 e. The van der Waals surface area contributed by atoms with E-state index in [-0.39, 0.29) is 17.1 Å². The molecule has 0 aliphatic heterocycles. The highest BCUT2D eigenvalue weighted by atomic mass is 16.5. The lowest BCUT2D eigenvalue weighted by atomic mass is 9.99. The van der Waals surface area contributed by atoms with Crippen molar-refractivity contribution in [3.8, 4) is 17.2 Å². The highest BCUT2D eigenvalue weighted by Crippen LogP contribution is 2.29. The van der Waals surface area contributed by atoms with Gasteiger partial charge in [0.2, 0.25) is 0 Å². The molecule has 0 bridgehead atoms. The maximum absolute atomic E-state index is 12.5. The van der Waals surface area contributed by atoms with E-state index in [4.69, 9.17) is 9.47 Å². The summed E-state index contributed by atoms with van der Waals surface area (Å²) in [5.74, 6) is 0.813. The first-order valence-corrected chi connectivity index (χ1v) is 7.61. The van der Waals surface area contributed by atoms with Gasteiger partial charge in [0.25, 0.3) is 0 Å². The minimum Gasteiger partial charge on any atom is -0.507 e. The first kappa shape index (κ1) is 18.1. The fourth-order valence-corrected chi connectivity index (χ4v) is 2.43. The molecule has 0 saturated heterocycles. The normalized spacial score (nSPS) is 10.5. The predicted octanol–water partition coefficient (Wildman–Crippen LogP) is 4.59. The van der Waals surface area contributed by atoms with Crippen molar-refractivity contribution in [1.29, 1.82) is 0 Å². The Hall–Kier alpha value is -3.27. The van der Waals surface area contributed by atoms with Gasteiger partial charge in [-0.05, 0) is 35.9 Å². The summed E-state index contributed by atoms with van der Waals surface area (Å²) < 4.78 is 10.4. The number of aromatic hydroxyl groups is 1. The Kier molecular flexibility index (Phi) is 5.79. The van der Waals surface area contributed by atoms with Crippen LogP contribution in [0.1, 0.15) is 27.0 Å². The molecule has 1 N–H and O–H groups in total. The third-order valence-corrected chi connectivity index (χ3v) is 3.80. The van der Waals surface area contributed by atoms with Crippen LogP contribution in [-0.4, -0.2) is 25.1 Å². The number of benzene rings is 2. The first-order chi connectivity index (χ1) is 12.0. The van der Waals surface area contributed by atoms with Crippen LogP contribution < -0.4 is 9.47 Å². The Bertz CT molecular complexity index is 847. The van der Waals surface area contributed by atoms with E-state index < -0.39 is 0 Å². The quantitative estimate of drug-likeness (QED) is 0.593. The van der Waals surface area contributed by atoms with Gasteiger partial charge in [-0.1, -0.05) is 31.4 Å². The second kappa shape index (κ2) is 8.02. The van der Waals surface area contributed by atoms with Gasteiger partial charge < -0.3 is 14.6 Å². The molecular formula is C21H20O4. The summed E-state index contributed by atoms with van der Waals surface area (Å²) in [7, 11) is 3.12. The van der Waals surface area contributed by atoms with Crippen LogP contribution >= 0.6 is 0 Å². The zero-order chi connectivity index (χ0) is 18.4. The van der Waals surface area contributed by atoms with E-state index in [1.165, 1.54) is 12.2 Å². The summed E-state index contributed by atoms with van der Waals surface area (Å²) in [4.78, 5) is 12.5. The van der Waals surface area contributed by atoms with Crippen LogP contribution in [0, 0.1) is 0 Å². The number of phenolic OH excluding ortho intramolecular Hbond substituents is 1. The van der Waals surface area contributed by atoms with E-state index in [2.05, 4.69) is 13.2 Å². The van der Waals surface area contributed by atoms with Crippen molar-refractivity contribution in [3.05, 3.63) is 71.8 Å². The average molecular weight is 336 g/mol. The molecule has 2 aromatic carbocycles. The van der Waals surface area contributed by atoms with Crippen LogP contribution in [0.25, 0.3) is 18.2 Å². The summed E-state index contributed by atoms with van der Waals surface area (Å²) in [5.41, 5.74) is 2.12. The molecular weight excluding hydrogens is 316 g/mol. The van der Waals surface area contributed by atoms with Crippen LogP contribution in [0.4, 0.5) is 0 Å². The fraction of sp³-hybridized carbons (Fsp3) is 0.0952. The van der Waals surface area contributed by atoms with Crippen molar-refractivity contribution in [1.82, 2.24) is 0 Å². The Morgan fingerprint density at radius 1 is 1.04 bits per heavy atom. The van der Waals surface area contributed by atoms with Crippen molar-refractivity contribution in [2.24, 2.45) is 0 Å². The zero-order valence-corrected chi connectivity index (χ0v) is 14.3. The molecule has 0 aliphatic carbocycles. The molecule has 0 saturated carbocycles. The molecule has 2 rings (SSSR count). The monoisotopic (exact) mass is 336 g/mol. The molecule has 0 spiro atoms. The number of hydrogen-bond acceptors (Lipinski definition) is 4. The van der Waals surface area contributed by atoms with Crippen molar-refractivity contribution < 1.29 is 19.4 Å². The van der Waals surface area contributed by atoms with Gasteiger partial charge in [0.05, 0.1) is 19.8 Å². The standard InChI is InChI=1S/C21H20O4/c1-5-14-8-11-18(21(23)17(14)6-2)19(22)12-9-15-7-10-16(24-3)13-20(15)25-4/h5-13,23H,1-2H2,3-4H3/b12-9+. The van der Waals surface area contributed by atoms with E-state index in [0.29, 0.717) is 22.6 Å². The molecule has 4 heteroatoms. The van der Waals surface area contributed by atoms with E-state index in [1.807, 2.05) is 0 Å². The minimum absolute atomic E-state index is 0.108. The second-order valence-corrected chi connectivity index (χ2v) is 5.18. The molecule has 0 fully saturated rings. The van der Waals surface area contributed by atoms with E-state index >= 15 is 0 Å². The topological polar surface area (TPSA) is 55.8 Å². The van der Waals surface area contributed by atoms with Crippen molar-refractivity contribution in [2.45, 2.75) is 0 Å². The van der Waals surface area contributed by atoms with E-state index in [1.54, 1.807) is 56.7 Å². The first-order valence-electron chi connectivity index (χ1n) is 7.61. The molecule has 0 amide bonds. The van der Waals surface area contributed by atoms with Gasteiger partial charge in [-0.2, -0.15) is 0 Å². The van der Waals surface area contributed by atoms with Gasteiger partial charge in [-0.3, -0.25) is 4.79 Å². The third-order valence-electron chi connectivity index (χ3n) is 3.80. The lowest BCUT2D eigenvalue weighted by Gasteiger charge is -2.09. The molecule has 0 unspecified atom stereocenters. The molecule has 0 atom stereocenters. The van der Waals surface area contributed by atoms with Crippen molar-refractivity contribution in [3.63, 3.8) is 0 Å². The largest absolute Gasteiger partial charge is 0.507 e. The summed E-state index contributed by atoms with van der Waals surface area (Å²) in [6, 6.07) is 8.59. The molecule has 0 aliphatic rings. The second-order valence-electron chi connectivity index (χ2n) is 5.18. The Balaban J connectivity index is 2.36. The number of phenols is 1. The van der Waals surface area contributed by atoms with E-state index in [0.717, 1.165) is 5.56 Å². The number of ether oxygens (including phenoxy) is 2. The maximum atomic E-state index is 12.5. The van der Waals surface area contributed by atoms with Crippen LogP contribution in [0.5, 0.6) is 17.2 Å². The number of carbonyl (C=O) groups excluding carboxylic acids is 1. The van der Waals surface area contributed by atoms with Gasteiger partial charge in [0.15, 0.2) is 5.78 Å². The van der Waals surface area contributed by atoms with Crippen molar-refractivity contribution >= 4 is 24.0 Å². The Labute approximate surface area is 147 Å².